The summed E-state index contributed by atoms with van der Waals surface area (Å²) >= 11 is 3.43. The molecule has 0 bridgehead atoms. The Balaban J connectivity index is 2.23. The second-order valence-electron chi connectivity index (χ2n) is 7.66. The zero-order valence-electron chi connectivity index (χ0n) is 18.2. The first-order valence-corrected chi connectivity index (χ1v) is 11.0. The lowest BCUT2D eigenvalue weighted by Gasteiger charge is -2.23. The molecule has 0 aliphatic rings. The minimum Gasteiger partial charge on any atom is -0.461 e. The summed E-state index contributed by atoms with van der Waals surface area (Å²) in [6.07, 6.45) is 2.11. The highest BCUT2D eigenvalue weighted by Crippen LogP contribution is 2.23. The van der Waals surface area contributed by atoms with Crippen molar-refractivity contribution in [1.82, 2.24) is 15.6 Å². The average Bonchev–Trinajstić information content (AvgIpc) is 3.11. The lowest BCUT2D eigenvalue weighted by Crippen LogP contribution is -2.52. The molecule has 0 unspecified atom stereocenters. The van der Waals surface area contributed by atoms with Crippen LogP contribution in [0.4, 0.5) is 0 Å². The molecule has 0 spiro atoms. The van der Waals surface area contributed by atoms with E-state index in [9.17, 15) is 19.2 Å². The molecule has 4 N–H and O–H groups in total. The normalized spacial score (nSPS) is 12.8. The van der Waals surface area contributed by atoms with Crippen LogP contribution in [0.25, 0.3) is 10.9 Å². The van der Waals surface area contributed by atoms with Gasteiger partial charge in [-0.1, -0.05) is 15.9 Å². The number of Topliss-reactive ketones (excluding diaryl/α,β-unsaturated/α-hetero) is 1. The molecule has 0 aliphatic carbocycles. The fourth-order valence-corrected chi connectivity index (χ4v) is 3.55. The smallest absolute Gasteiger partial charge is 0.328 e. The van der Waals surface area contributed by atoms with E-state index in [1.54, 1.807) is 20.0 Å². The molecule has 9 nitrogen and oxygen atoms in total. The Bertz CT molecular complexity index is 1020. The van der Waals surface area contributed by atoms with Gasteiger partial charge in [0.1, 0.15) is 12.1 Å². The van der Waals surface area contributed by atoms with E-state index in [1.165, 1.54) is 6.92 Å². The summed E-state index contributed by atoms with van der Waals surface area (Å²) in [6, 6.07) is 3.67. The number of ether oxygens (including phenoxy) is 1. The van der Waals surface area contributed by atoms with E-state index in [0.29, 0.717) is 6.21 Å². The molecule has 1 heterocycles. The first kappa shape index (κ1) is 25.3. The van der Waals surface area contributed by atoms with Gasteiger partial charge in [0.05, 0.1) is 12.3 Å². The first-order chi connectivity index (χ1) is 15.1. The highest BCUT2D eigenvalue weighted by Gasteiger charge is 2.28. The van der Waals surface area contributed by atoms with Crippen LogP contribution in [0.1, 0.15) is 39.2 Å². The molecule has 1 aromatic carbocycles. The number of rotatable bonds is 11. The summed E-state index contributed by atoms with van der Waals surface area (Å²) in [5.41, 5.74) is 1.70. The van der Waals surface area contributed by atoms with E-state index in [2.05, 4.69) is 31.5 Å². The van der Waals surface area contributed by atoms with Gasteiger partial charge in [-0.3, -0.25) is 14.4 Å². The van der Waals surface area contributed by atoms with Crippen molar-refractivity contribution < 1.29 is 23.9 Å². The van der Waals surface area contributed by atoms with Gasteiger partial charge in [-0.15, -0.1) is 0 Å². The van der Waals surface area contributed by atoms with Crippen LogP contribution in [0.15, 0.2) is 28.9 Å². The standard InChI is InChI=1S/C22H27BrN4O5/c1-12(2)32-22(31)19(7-5-16(29)10-24)27-21(30)20(26-13(3)28)8-14-11-25-18-6-4-15(23)9-17(14)18/h4,6,9-12,19-20,24-25H,5,7-8H2,1-3H3,(H,26,28)(H,27,30)/t19-,20-/m0/s1. The molecule has 0 radical (unpaired) electrons. The molecule has 2 amide bonds. The fraction of sp³-hybridized carbons (Fsp3) is 0.409. The Labute approximate surface area is 194 Å². The van der Waals surface area contributed by atoms with Crippen LogP contribution in [0.3, 0.4) is 0 Å². The Morgan fingerprint density at radius 2 is 1.91 bits per heavy atom. The molecule has 0 saturated heterocycles. The number of carbonyl (C=O) groups is 4. The van der Waals surface area contributed by atoms with Crippen molar-refractivity contribution >= 4 is 56.6 Å². The van der Waals surface area contributed by atoms with Crippen LogP contribution in [-0.4, -0.2) is 53.0 Å². The van der Waals surface area contributed by atoms with E-state index < -0.39 is 41.8 Å². The minimum absolute atomic E-state index is 0.0155. The summed E-state index contributed by atoms with van der Waals surface area (Å²) in [7, 11) is 0. The van der Waals surface area contributed by atoms with Gasteiger partial charge in [-0.05, 0) is 44.0 Å². The van der Waals surface area contributed by atoms with E-state index >= 15 is 0 Å². The number of hydrogen-bond donors (Lipinski definition) is 4. The number of nitrogens with one attached hydrogen (secondary N) is 4. The molecular weight excluding hydrogens is 480 g/mol. The largest absolute Gasteiger partial charge is 0.461 e. The third kappa shape index (κ3) is 7.30. The Hall–Kier alpha value is -3.01. The molecule has 32 heavy (non-hydrogen) atoms. The molecule has 172 valence electrons. The van der Waals surface area contributed by atoms with Crippen LogP contribution in [0, 0.1) is 5.41 Å². The van der Waals surface area contributed by atoms with Gasteiger partial charge < -0.3 is 25.8 Å². The highest BCUT2D eigenvalue weighted by atomic mass is 79.9. The van der Waals surface area contributed by atoms with Gasteiger partial charge in [-0.25, -0.2) is 4.79 Å². The average molecular weight is 507 g/mol. The number of benzene rings is 1. The van der Waals surface area contributed by atoms with Crippen molar-refractivity contribution in [1.29, 1.82) is 5.41 Å². The van der Waals surface area contributed by atoms with Crippen LogP contribution in [-0.2, 0) is 30.3 Å². The number of H-pyrrole nitrogens is 1. The number of fused-ring (bicyclic) bond motifs is 1. The van der Waals surface area contributed by atoms with E-state index in [-0.39, 0.29) is 19.3 Å². The topological polar surface area (TPSA) is 141 Å². The van der Waals surface area contributed by atoms with Crippen molar-refractivity contribution in [3.63, 3.8) is 0 Å². The first-order valence-electron chi connectivity index (χ1n) is 10.2. The summed E-state index contributed by atoms with van der Waals surface area (Å²) in [4.78, 5) is 51.9. The quantitative estimate of drug-likeness (QED) is 0.273. The zero-order chi connectivity index (χ0) is 23.8. The second kappa shape index (κ2) is 11.6. The number of carbonyl (C=O) groups excluding carboxylic acids is 4. The fourth-order valence-electron chi connectivity index (χ4n) is 3.19. The molecular formula is C22H27BrN4O5. The lowest BCUT2D eigenvalue weighted by atomic mass is 10.0. The summed E-state index contributed by atoms with van der Waals surface area (Å²) < 4.78 is 6.07. The molecule has 0 saturated carbocycles. The third-order valence-electron chi connectivity index (χ3n) is 4.64. The molecule has 10 heteroatoms. The van der Waals surface area contributed by atoms with E-state index in [4.69, 9.17) is 10.1 Å². The summed E-state index contributed by atoms with van der Waals surface area (Å²) in [6.45, 7) is 4.66. The van der Waals surface area contributed by atoms with Gasteiger partial charge in [0.2, 0.25) is 11.8 Å². The molecule has 1 aromatic heterocycles. The predicted molar refractivity (Wildman–Crippen MR) is 123 cm³/mol. The zero-order valence-corrected chi connectivity index (χ0v) is 19.7. The number of hydrogen-bond acceptors (Lipinski definition) is 6. The number of aromatic amines is 1. The van der Waals surface area contributed by atoms with Crippen molar-refractivity contribution in [2.75, 3.05) is 0 Å². The van der Waals surface area contributed by atoms with Gasteiger partial charge in [-0.2, -0.15) is 0 Å². The Morgan fingerprint density at radius 1 is 1.19 bits per heavy atom. The third-order valence-corrected chi connectivity index (χ3v) is 5.13. The van der Waals surface area contributed by atoms with Crippen LogP contribution in [0.5, 0.6) is 0 Å². The minimum atomic E-state index is -1.08. The Morgan fingerprint density at radius 3 is 2.53 bits per heavy atom. The Kier molecular flexibility index (Phi) is 9.13. The van der Waals surface area contributed by atoms with Gasteiger partial charge in [0, 0.05) is 41.3 Å². The van der Waals surface area contributed by atoms with Gasteiger partial charge >= 0.3 is 5.97 Å². The number of halogens is 1. The molecule has 2 atom stereocenters. The van der Waals surface area contributed by atoms with Gasteiger partial charge in [0.25, 0.3) is 0 Å². The molecule has 0 aliphatic heterocycles. The van der Waals surface area contributed by atoms with E-state index in [1.807, 2.05) is 18.2 Å². The van der Waals surface area contributed by atoms with Crippen LogP contribution in [0.2, 0.25) is 0 Å². The van der Waals surface area contributed by atoms with E-state index in [0.717, 1.165) is 20.9 Å². The number of esters is 1. The number of aromatic nitrogens is 1. The molecule has 2 aromatic rings. The van der Waals surface area contributed by atoms with Crippen LogP contribution < -0.4 is 10.6 Å². The molecule has 0 fully saturated rings. The number of ketones is 1. The summed E-state index contributed by atoms with van der Waals surface area (Å²) in [5.74, 6) is -2.11. The molecule has 2 rings (SSSR count). The van der Waals surface area contributed by atoms with Crippen molar-refractivity contribution in [3.8, 4) is 0 Å². The number of amides is 2. The highest BCUT2D eigenvalue weighted by molar-refractivity contribution is 9.10. The predicted octanol–water partition coefficient (Wildman–Crippen LogP) is 2.41. The monoisotopic (exact) mass is 506 g/mol. The van der Waals surface area contributed by atoms with Crippen LogP contribution >= 0.6 is 15.9 Å². The second-order valence-corrected chi connectivity index (χ2v) is 8.57. The maximum absolute atomic E-state index is 13.0. The van der Waals surface area contributed by atoms with Crippen molar-refractivity contribution in [3.05, 3.63) is 34.4 Å². The van der Waals surface area contributed by atoms with Crippen molar-refractivity contribution in [2.24, 2.45) is 0 Å². The maximum atomic E-state index is 13.0. The lowest BCUT2D eigenvalue weighted by molar-refractivity contribution is -0.151. The van der Waals surface area contributed by atoms with Gasteiger partial charge in [0.15, 0.2) is 5.78 Å². The maximum Gasteiger partial charge on any atom is 0.328 e. The van der Waals surface area contributed by atoms with Crippen molar-refractivity contribution in [2.45, 2.75) is 58.2 Å². The SMILES string of the molecule is CC(=O)N[C@@H](Cc1c[nH]c2ccc(Br)cc12)C(=O)N[C@@H](CCC(=O)C=N)C(=O)OC(C)C. The summed E-state index contributed by atoms with van der Waals surface area (Å²) in [5, 5.41) is 13.1.